The fourth-order valence-electron chi connectivity index (χ4n) is 1.93. The summed E-state index contributed by atoms with van der Waals surface area (Å²) in [4.78, 5) is 25.5. The molecule has 1 aromatic carbocycles. The number of thiophene rings is 1. The van der Waals surface area contributed by atoms with E-state index in [0.717, 1.165) is 9.77 Å². The molecule has 0 aliphatic heterocycles. The van der Waals surface area contributed by atoms with Crippen LogP contribution in [0.2, 0.25) is 0 Å². The first kappa shape index (κ1) is 17.5. The van der Waals surface area contributed by atoms with Crippen molar-refractivity contribution in [2.75, 3.05) is 18.1 Å². The van der Waals surface area contributed by atoms with E-state index in [1.807, 2.05) is 29.8 Å². The van der Waals surface area contributed by atoms with Crippen LogP contribution in [-0.2, 0) is 15.2 Å². The molecule has 2 aromatic rings. The van der Waals surface area contributed by atoms with Crippen LogP contribution in [0.5, 0.6) is 0 Å². The van der Waals surface area contributed by atoms with E-state index in [9.17, 15) is 14.7 Å². The molecule has 0 aliphatic carbocycles. The maximum atomic E-state index is 12.0. The maximum Gasteiger partial charge on any atom is 0.313 e. The Morgan fingerprint density at radius 1 is 1.22 bits per heavy atom. The normalized spacial score (nSPS) is 13.2. The van der Waals surface area contributed by atoms with E-state index in [1.54, 1.807) is 25.1 Å². The van der Waals surface area contributed by atoms with Gasteiger partial charge in [0, 0.05) is 9.77 Å². The highest BCUT2D eigenvalue weighted by atomic mass is 32.2. The Balaban J connectivity index is 1.94. The standard InChI is InChI=1S/C16H18N2O3S2/c1-16(21,13-8-5-9-23-13)10-17-14(19)15(20)18-11-6-3-4-7-12(11)22-2/h3-9,21H,10H2,1-2H3,(H,17,19)(H,18,20)/t16-/m1/s1. The molecule has 0 spiro atoms. The van der Waals surface area contributed by atoms with Crippen LogP contribution in [0.4, 0.5) is 5.69 Å². The fraction of sp³-hybridized carbons (Fsp3) is 0.250. The van der Waals surface area contributed by atoms with Gasteiger partial charge in [0.1, 0.15) is 5.60 Å². The number of anilines is 1. The summed E-state index contributed by atoms with van der Waals surface area (Å²) in [6.45, 7) is 1.56. The zero-order chi connectivity index (χ0) is 16.9. The molecule has 3 N–H and O–H groups in total. The molecule has 0 saturated heterocycles. The summed E-state index contributed by atoms with van der Waals surface area (Å²) in [7, 11) is 0. The number of aliphatic hydroxyl groups is 1. The Morgan fingerprint density at radius 3 is 2.61 bits per heavy atom. The zero-order valence-corrected chi connectivity index (χ0v) is 14.5. The van der Waals surface area contributed by atoms with Gasteiger partial charge in [0.05, 0.1) is 12.2 Å². The van der Waals surface area contributed by atoms with Crippen LogP contribution >= 0.6 is 23.1 Å². The summed E-state index contributed by atoms with van der Waals surface area (Å²) in [6, 6.07) is 10.8. The number of carbonyl (C=O) groups is 2. The molecule has 0 unspecified atom stereocenters. The van der Waals surface area contributed by atoms with Gasteiger partial charge < -0.3 is 15.7 Å². The van der Waals surface area contributed by atoms with E-state index in [2.05, 4.69) is 10.6 Å². The van der Waals surface area contributed by atoms with E-state index in [4.69, 9.17) is 0 Å². The summed E-state index contributed by atoms with van der Waals surface area (Å²) in [6.07, 6.45) is 1.89. The molecular weight excluding hydrogens is 332 g/mol. The Labute approximate surface area is 143 Å². The summed E-state index contributed by atoms with van der Waals surface area (Å²) < 4.78 is 0. The molecule has 1 heterocycles. The van der Waals surface area contributed by atoms with Gasteiger partial charge in [-0.05, 0) is 36.8 Å². The van der Waals surface area contributed by atoms with Crippen LogP contribution in [0.3, 0.4) is 0 Å². The topological polar surface area (TPSA) is 78.4 Å². The van der Waals surface area contributed by atoms with Crippen LogP contribution < -0.4 is 10.6 Å². The molecule has 0 saturated carbocycles. The van der Waals surface area contributed by atoms with E-state index < -0.39 is 17.4 Å². The number of thioether (sulfide) groups is 1. The fourth-order valence-corrected chi connectivity index (χ4v) is 3.27. The minimum absolute atomic E-state index is 0.0378. The third-order valence-corrected chi connectivity index (χ3v) is 5.13. The number of amides is 2. The quantitative estimate of drug-likeness (QED) is 0.572. The van der Waals surface area contributed by atoms with E-state index in [-0.39, 0.29) is 6.54 Å². The summed E-state index contributed by atoms with van der Waals surface area (Å²) in [5, 5.41) is 17.2. The van der Waals surface area contributed by atoms with Gasteiger partial charge in [-0.2, -0.15) is 0 Å². The van der Waals surface area contributed by atoms with Crippen molar-refractivity contribution >= 4 is 40.6 Å². The maximum absolute atomic E-state index is 12.0. The van der Waals surface area contributed by atoms with Crippen molar-refractivity contribution in [1.29, 1.82) is 0 Å². The highest BCUT2D eigenvalue weighted by Crippen LogP contribution is 2.25. The minimum atomic E-state index is -1.21. The van der Waals surface area contributed by atoms with Crippen LogP contribution in [0.25, 0.3) is 0 Å². The first-order valence-corrected chi connectivity index (χ1v) is 9.03. The predicted molar refractivity (Wildman–Crippen MR) is 93.8 cm³/mol. The lowest BCUT2D eigenvalue weighted by atomic mass is 10.1. The molecule has 0 aliphatic rings. The van der Waals surface area contributed by atoms with E-state index >= 15 is 0 Å². The van der Waals surface area contributed by atoms with Crippen LogP contribution in [0.1, 0.15) is 11.8 Å². The second-order valence-corrected chi connectivity index (χ2v) is 6.88. The smallest absolute Gasteiger partial charge is 0.313 e. The van der Waals surface area contributed by atoms with Crippen molar-refractivity contribution in [1.82, 2.24) is 5.32 Å². The van der Waals surface area contributed by atoms with Crippen molar-refractivity contribution in [3.63, 3.8) is 0 Å². The van der Waals surface area contributed by atoms with Crippen LogP contribution in [-0.4, -0.2) is 29.7 Å². The molecule has 0 bridgehead atoms. The second-order valence-electron chi connectivity index (χ2n) is 5.09. The average Bonchev–Trinajstić information content (AvgIpc) is 3.08. The van der Waals surface area contributed by atoms with Gasteiger partial charge in [-0.1, -0.05) is 18.2 Å². The van der Waals surface area contributed by atoms with Crippen LogP contribution in [0, 0.1) is 0 Å². The SMILES string of the molecule is CSc1ccccc1NC(=O)C(=O)NC[C@@](C)(O)c1cccs1. The number of para-hydroxylation sites is 1. The Kier molecular flexibility index (Phi) is 5.81. The van der Waals surface area contributed by atoms with Gasteiger partial charge in [0.25, 0.3) is 0 Å². The number of nitrogens with one attached hydrogen (secondary N) is 2. The van der Waals surface area contributed by atoms with E-state index in [1.165, 1.54) is 23.1 Å². The number of hydrogen-bond donors (Lipinski definition) is 3. The van der Waals surface area contributed by atoms with Crippen LogP contribution in [0.15, 0.2) is 46.7 Å². The molecule has 1 atom stereocenters. The lowest BCUT2D eigenvalue weighted by Crippen LogP contribution is -2.43. The summed E-state index contributed by atoms with van der Waals surface area (Å²) in [5.41, 5.74) is -0.619. The van der Waals surface area contributed by atoms with Gasteiger partial charge in [-0.3, -0.25) is 9.59 Å². The lowest BCUT2D eigenvalue weighted by molar-refractivity contribution is -0.136. The molecule has 0 fully saturated rings. The number of benzene rings is 1. The van der Waals surface area contributed by atoms with Crippen molar-refractivity contribution in [3.05, 3.63) is 46.7 Å². The highest BCUT2D eigenvalue weighted by Gasteiger charge is 2.26. The average molecular weight is 350 g/mol. The summed E-state index contributed by atoms with van der Waals surface area (Å²) in [5.74, 6) is -1.54. The second kappa shape index (κ2) is 7.63. The van der Waals surface area contributed by atoms with Crippen molar-refractivity contribution in [2.24, 2.45) is 0 Å². The lowest BCUT2D eigenvalue weighted by Gasteiger charge is -2.22. The summed E-state index contributed by atoms with van der Waals surface area (Å²) >= 11 is 2.87. The molecule has 1 aromatic heterocycles. The van der Waals surface area contributed by atoms with E-state index in [0.29, 0.717) is 5.69 Å². The molecule has 0 radical (unpaired) electrons. The minimum Gasteiger partial charge on any atom is -0.383 e. The van der Waals surface area contributed by atoms with Gasteiger partial charge in [0.2, 0.25) is 0 Å². The van der Waals surface area contributed by atoms with Gasteiger partial charge in [-0.15, -0.1) is 23.1 Å². The Morgan fingerprint density at radius 2 is 1.96 bits per heavy atom. The molecule has 5 nitrogen and oxygen atoms in total. The molecule has 2 amide bonds. The molecule has 2 rings (SSSR count). The van der Waals surface area contributed by atoms with Crippen molar-refractivity contribution in [2.45, 2.75) is 17.4 Å². The third-order valence-electron chi connectivity index (χ3n) is 3.21. The molecule has 23 heavy (non-hydrogen) atoms. The molecule has 122 valence electrons. The highest BCUT2D eigenvalue weighted by molar-refractivity contribution is 7.98. The van der Waals surface area contributed by atoms with Crippen molar-refractivity contribution < 1.29 is 14.7 Å². The number of rotatable bonds is 5. The number of carbonyl (C=O) groups excluding carboxylic acids is 2. The Hall–Kier alpha value is -1.83. The van der Waals surface area contributed by atoms with Crippen molar-refractivity contribution in [3.8, 4) is 0 Å². The van der Waals surface area contributed by atoms with Gasteiger partial charge in [0.15, 0.2) is 0 Å². The monoisotopic (exact) mass is 350 g/mol. The predicted octanol–water partition coefficient (Wildman–Crippen LogP) is 2.43. The zero-order valence-electron chi connectivity index (χ0n) is 12.8. The Bertz CT molecular complexity index is 684. The largest absolute Gasteiger partial charge is 0.383 e. The number of hydrogen-bond acceptors (Lipinski definition) is 5. The van der Waals surface area contributed by atoms with Gasteiger partial charge >= 0.3 is 11.8 Å². The third kappa shape index (κ3) is 4.57. The first-order valence-electron chi connectivity index (χ1n) is 6.92. The first-order chi connectivity index (χ1) is 10.9. The molecular formula is C16H18N2O3S2. The van der Waals surface area contributed by atoms with Gasteiger partial charge in [-0.25, -0.2) is 0 Å². The molecule has 7 heteroatoms.